The van der Waals surface area contributed by atoms with Crippen LogP contribution in [0.5, 0.6) is 5.75 Å². The normalized spacial score (nSPS) is 25.1. The number of ether oxygens (including phenoxy) is 2. The van der Waals surface area contributed by atoms with Gasteiger partial charge in [0.15, 0.2) is 11.6 Å². The number of hydrazine groups is 1. The molecule has 1 aliphatic heterocycles. The van der Waals surface area contributed by atoms with Gasteiger partial charge >= 0.3 is 0 Å². The van der Waals surface area contributed by atoms with E-state index in [0.29, 0.717) is 12.2 Å². The van der Waals surface area contributed by atoms with Crippen LogP contribution in [-0.4, -0.2) is 19.8 Å². The second-order valence-corrected chi connectivity index (χ2v) is 4.54. The van der Waals surface area contributed by atoms with Crippen molar-refractivity contribution in [2.45, 2.75) is 25.5 Å². The Morgan fingerprint density at radius 1 is 1.56 bits per heavy atom. The number of halogens is 1. The minimum atomic E-state index is -0.359. The van der Waals surface area contributed by atoms with E-state index in [4.69, 9.17) is 15.3 Å². The molecule has 0 spiro atoms. The molecule has 1 heterocycles. The van der Waals surface area contributed by atoms with Crippen LogP contribution >= 0.6 is 0 Å². The number of benzene rings is 1. The number of nitrogens with one attached hydrogen (secondary N) is 1. The molecule has 0 amide bonds. The van der Waals surface area contributed by atoms with Crippen LogP contribution in [0.1, 0.15) is 24.9 Å². The van der Waals surface area contributed by atoms with Crippen molar-refractivity contribution in [3.05, 3.63) is 29.6 Å². The van der Waals surface area contributed by atoms with Gasteiger partial charge in [-0.05, 0) is 19.4 Å². The monoisotopic (exact) mass is 254 g/mol. The number of hydrogen-bond acceptors (Lipinski definition) is 4. The van der Waals surface area contributed by atoms with E-state index in [1.807, 2.05) is 6.92 Å². The quantitative estimate of drug-likeness (QED) is 0.635. The zero-order valence-corrected chi connectivity index (χ0v) is 10.7. The van der Waals surface area contributed by atoms with Gasteiger partial charge in [0.25, 0.3) is 0 Å². The van der Waals surface area contributed by atoms with Gasteiger partial charge < -0.3 is 9.47 Å². The first-order valence-electron chi connectivity index (χ1n) is 6.09. The van der Waals surface area contributed by atoms with Crippen molar-refractivity contribution in [2.24, 2.45) is 11.8 Å². The van der Waals surface area contributed by atoms with Crippen LogP contribution in [0.15, 0.2) is 18.2 Å². The van der Waals surface area contributed by atoms with E-state index in [-0.39, 0.29) is 29.6 Å². The van der Waals surface area contributed by atoms with Crippen LogP contribution < -0.4 is 16.0 Å². The first kappa shape index (κ1) is 13.3. The Labute approximate surface area is 106 Å². The molecule has 0 saturated carbocycles. The fraction of sp³-hybridized carbons (Fsp3) is 0.538. The predicted molar refractivity (Wildman–Crippen MR) is 66.5 cm³/mol. The molecule has 2 rings (SSSR count). The van der Waals surface area contributed by atoms with Crippen molar-refractivity contribution in [1.82, 2.24) is 5.43 Å². The summed E-state index contributed by atoms with van der Waals surface area (Å²) in [4.78, 5) is 0. The molecule has 3 N–H and O–H groups in total. The van der Waals surface area contributed by atoms with Gasteiger partial charge in [0.1, 0.15) is 0 Å². The van der Waals surface area contributed by atoms with E-state index in [2.05, 4.69) is 5.43 Å². The van der Waals surface area contributed by atoms with Gasteiger partial charge in [0.05, 0.1) is 19.3 Å². The summed E-state index contributed by atoms with van der Waals surface area (Å²) in [6.45, 7) is 2.68. The maximum atomic E-state index is 14.2. The van der Waals surface area contributed by atoms with Crippen molar-refractivity contribution >= 4 is 0 Å². The van der Waals surface area contributed by atoms with Gasteiger partial charge in [0.2, 0.25) is 0 Å². The first-order chi connectivity index (χ1) is 8.69. The highest BCUT2D eigenvalue weighted by Crippen LogP contribution is 2.35. The van der Waals surface area contributed by atoms with E-state index in [9.17, 15) is 4.39 Å². The zero-order chi connectivity index (χ0) is 13.1. The van der Waals surface area contributed by atoms with Gasteiger partial charge in [-0.15, -0.1) is 0 Å². The standard InChI is InChI=1S/C13H19FN2O2/c1-8-9(6-7-18-8)13(16-15)10-4-3-5-11(17-2)12(10)14/h3-5,8-9,13,16H,6-7,15H2,1-2H3. The maximum Gasteiger partial charge on any atom is 0.169 e. The smallest absolute Gasteiger partial charge is 0.169 e. The molecule has 0 aliphatic carbocycles. The van der Waals surface area contributed by atoms with E-state index in [1.165, 1.54) is 7.11 Å². The van der Waals surface area contributed by atoms with Gasteiger partial charge in [-0.25, -0.2) is 4.39 Å². The van der Waals surface area contributed by atoms with Crippen LogP contribution in [-0.2, 0) is 4.74 Å². The van der Waals surface area contributed by atoms with Gasteiger partial charge in [-0.1, -0.05) is 12.1 Å². The van der Waals surface area contributed by atoms with Crippen molar-refractivity contribution in [3.8, 4) is 5.75 Å². The lowest BCUT2D eigenvalue weighted by Gasteiger charge is -2.26. The number of nitrogens with two attached hydrogens (primary N) is 1. The average Bonchev–Trinajstić information content (AvgIpc) is 2.79. The Hall–Kier alpha value is -1.17. The SMILES string of the molecule is COc1cccc(C(NN)C2CCOC2C)c1F. The topological polar surface area (TPSA) is 56.5 Å². The molecule has 0 radical (unpaired) electrons. The number of hydrogen-bond donors (Lipinski definition) is 2. The number of rotatable bonds is 4. The van der Waals surface area contributed by atoms with Crippen LogP contribution in [0.25, 0.3) is 0 Å². The molecule has 1 aromatic carbocycles. The summed E-state index contributed by atoms with van der Waals surface area (Å²) in [5, 5.41) is 0. The first-order valence-corrected chi connectivity index (χ1v) is 6.09. The summed E-state index contributed by atoms with van der Waals surface area (Å²) in [5.74, 6) is 5.63. The van der Waals surface area contributed by atoms with Crippen molar-refractivity contribution in [3.63, 3.8) is 0 Å². The Bertz CT molecular complexity index is 414. The third-order valence-electron chi connectivity index (χ3n) is 3.59. The molecule has 0 bridgehead atoms. The van der Waals surface area contributed by atoms with Crippen LogP contribution in [0.2, 0.25) is 0 Å². The Balaban J connectivity index is 2.32. The van der Waals surface area contributed by atoms with E-state index in [1.54, 1.807) is 18.2 Å². The highest BCUT2D eigenvalue weighted by molar-refractivity contribution is 5.33. The minimum Gasteiger partial charge on any atom is -0.494 e. The highest BCUT2D eigenvalue weighted by Gasteiger charge is 2.34. The third kappa shape index (κ3) is 2.34. The lowest BCUT2D eigenvalue weighted by atomic mass is 9.88. The van der Waals surface area contributed by atoms with Crippen molar-refractivity contribution < 1.29 is 13.9 Å². The van der Waals surface area contributed by atoms with E-state index < -0.39 is 0 Å². The van der Waals surface area contributed by atoms with Gasteiger partial charge in [0, 0.05) is 18.1 Å². The molecule has 4 nitrogen and oxygen atoms in total. The molecule has 1 aliphatic rings. The van der Waals surface area contributed by atoms with Crippen molar-refractivity contribution in [1.29, 1.82) is 0 Å². The Kier molecular flexibility index (Phi) is 4.16. The second-order valence-electron chi connectivity index (χ2n) is 4.54. The fourth-order valence-corrected chi connectivity index (χ4v) is 2.56. The fourth-order valence-electron chi connectivity index (χ4n) is 2.56. The summed E-state index contributed by atoms with van der Waals surface area (Å²) in [7, 11) is 1.45. The summed E-state index contributed by atoms with van der Waals surface area (Å²) in [6.07, 6.45) is 0.934. The van der Waals surface area contributed by atoms with Crippen molar-refractivity contribution in [2.75, 3.05) is 13.7 Å². The van der Waals surface area contributed by atoms with Gasteiger partial charge in [-0.3, -0.25) is 11.3 Å². The number of methoxy groups -OCH3 is 1. The van der Waals surface area contributed by atoms with E-state index in [0.717, 1.165) is 6.42 Å². The van der Waals surface area contributed by atoms with E-state index >= 15 is 0 Å². The predicted octanol–water partition coefficient (Wildman–Crippen LogP) is 1.76. The largest absolute Gasteiger partial charge is 0.494 e. The molecular formula is C13H19FN2O2. The van der Waals surface area contributed by atoms with Crippen LogP contribution in [0, 0.1) is 11.7 Å². The summed E-state index contributed by atoms with van der Waals surface area (Å²) < 4.78 is 24.7. The lowest BCUT2D eigenvalue weighted by molar-refractivity contribution is 0.0949. The molecule has 5 heteroatoms. The molecule has 0 aromatic heterocycles. The Morgan fingerprint density at radius 3 is 2.89 bits per heavy atom. The summed E-state index contributed by atoms with van der Waals surface area (Å²) in [5.41, 5.74) is 3.23. The Morgan fingerprint density at radius 2 is 2.33 bits per heavy atom. The molecule has 3 unspecified atom stereocenters. The molecule has 100 valence electrons. The molecule has 1 saturated heterocycles. The molecular weight excluding hydrogens is 235 g/mol. The molecule has 3 atom stereocenters. The van der Waals surface area contributed by atoms with Gasteiger partial charge in [-0.2, -0.15) is 0 Å². The third-order valence-corrected chi connectivity index (χ3v) is 3.59. The average molecular weight is 254 g/mol. The zero-order valence-electron chi connectivity index (χ0n) is 10.7. The molecule has 18 heavy (non-hydrogen) atoms. The lowest BCUT2D eigenvalue weighted by Crippen LogP contribution is -2.36. The summed E-state index contributed by atoms with van der Waals surface area (Å²) >= 11 is 0. The van der Waals surface area contributed by atoms with Crippen LogP contribution in [0.4, 0.5) is 4.39 Å². The highest BCUT2D eigenvalue weighted by atomic mass is 19.1. The summed E-state index contributed by atoms with van der Waals surface area (Å²) in [6, 6.07) is 4.83. The molecule has 1 aromatic rings. The maximum absolute atomic E-state index is 14.2. The minimum absolute atomic E-state index is 0.0663. The second kappa shape index (κ2) is 5.65. The molecule has 1 fully saturated rings. The van der Waals surface area contributed by atoms with Crippen LogP contribution in [0.3, 0.4) is 0 Å².